The van der Waals surface area contributed by atoms with Gasteiger partial charge in [-0.05, 0) is 6.07 Å². The highest BCUT2D eigenvalue weighted by atomic mass is 35.5. The Morgan fingerprint density at radius 3 is 2.67 bits per heavy atom. The van der Waals surface area contributed by atoms with Crippen molar-refractivity contribution in [2.45, 2.75) is 0 Å². The van der Waals surface area contributed by atoms with E-state index in [1.54, 1.807) is 0 Å². The number of nitrogens with zero attached hydrogens (tertiary/aromatic N) is 1. The van der Waals surface area contributed by atoms with Crippen LogP contribution < -0.4 is 5.84 Å². The zero-order chi connectivity index (χ0) is 6.85. The SMILES string of the molecule is Nn1cc(C=O)cc1Cl. The minimum Gasteiger partial charge on any atom is -0.338 e. The molecule has 0 amide bonds. The molecule has 0 aromatic carbocycles. The average Bonchev–Trinajstić information content (AvgIpc) is 2.13. The van der Waals surface area contributed by atoms with E-state index in [9.17, 15) is 4.79 Å². The second-order valence-electron chi connectivity index (χ2n) is 1.62. The van der Waals surface area contributed by atoms with Crippen molar-refractivity contribution in [3.63, 3.8) is 0 Å². The second kappa shape index (κ2) is 2.11. The molecule has 0 unspecified atom stereocenters. The molecule has 0 saturated carbocycles. The van der Waals surface area contributed by atoms with Crippen LogP contribution in [0.5, 0.6) is 0 Å². The van der Waals surface area contributed by atoms with E-state index < -0.39 is 0 Å². The predicted octanol–water partition coefficient (Wildman–Crippen LogP) is 0.668. The Morgan fingerprint density at radius 2 is 2.44 bits per heavy atom. The number of hydrogen-bond acceptors (Lipinski definition) is 2. The van der Waals surface area contributed by atoms with Crippen LogP contribution in [0.4, 0.5) is 0 Å². The highest BCUT2D eigenvalue weighted by Crippen LogP contribution is 2.08. The summed E-state index contributed by atoms with van der Waals surface area (Å²) >= 11 is 5.49. The van der Waals surface area contributed by atoms with Crippen molar-refractivity contribution in [1.82, 2.24) is 4.68 Å². The van der Waals surface area contributed by atoms with Gasteiger partial charge in [0.2, 0.25) is 0 Å². The summed E-state index contributed by atoms with van der Waals surface area (Å²) < 4.78 is 1.19. The maximum Gasteiger partial charge on any atom is 0.151 e. The highest BCUT2D eigenvalue weighted by Gasteiger charge is 1.97. The smallest absolute Gasteiger partial charge is 0.151 e. The van der Waals surface area contributed by atoms with Gasteiger partial charge in [0.1, 0.15) is 5.15 Å². The standard InChI is InChI=1S/C5H5ClN2O/c6-5-1-4(3-9)2-8(5)7/h1-3H,7H2. The molecule has 3 nitrogen and oxygen atoms in total. The maximum atomic E-state index is 10.0. The molecule has 0 aliphatic heterocycles. The Balaban J connectivity index is 3.11. The summed E-state index contributed by atoms with van der Waals surface area (Å²) in [7, 11) is 0. The molecule has 0 saturated heterocycles. The molecule has 0 atom stereocenters. The van der Waals surface area contributed by atoms with Gasteiger partial charge in [-0.3, -0.25) is 9.47 Å². The molecule has 0 aliphatic rings. The third-order valence-electron chi connectivity index (χ3n) is 0.957. The van der Waals surface area contributed by atoms with Crippen LogP contribution in [0, 0.1) is 0 Å². The van der Waals surface area contributed by atoms with Gasteiger partial charge in [-0.15, -0.1) is 0 Å². The van der Waals surface area contributed by atoms with Crippen LogP contribution in [-0.4, -0.2) is 11.0 Å². The van der Waals surface area contributed by atoms with Crippen molar-refractivity contribution in [2.24, 2.45) is 0 Å². The summed E-state index contributed by atoms with van der Waals surface area (Å²) in [5, 5.41) is 0.358. The van der Waals surface area contributed by atoms with Gasteiger partial charge in [0.25, 0.3) is 0 Å². The van der Waals surface area contributed by atoms with E-state index in [0.29, 0.717) is 17.0 Å². The molecule has 0 fully saturated rings. The molecule has 0 bridgehead atoms. The highest BCUT2D eigenvalue weighted by molar-refractivity contribution is 6.30. The largest absolute Gasteiger partial charge is 0.338 e. The van der Waals surface area contributed by atoms with Gasteiger partial charge in [-0.1, -0.05) is 11.6 Å². The lowest BCUT2D eigenvalue weighted by atomic mass is 10.4. The van der Waals surface area contributed by atoms with Crippen LogP contribution in [0.15, 0.2) is 12.3 Å². The van der Waals surface area contributed by atoms with E-state index in [1.807, 2.05) is 0 Å². The molecule has 0 aliphatic carbocycles. The van der Waals surface area contributed by atoms with Crippen LogP contribution in [0.25, 0.3) is 0 Å². The summed E-state index contributed by atoms with van der Waals surface area (Å²) in [6.07, 6.45) is 2.14. The van der Waals surface area contributed by atoms with Gasteiger partial charge in [0, 0.05) is 11.8 Å². The first-order valence-corrected chi connectivity index (χ1v) is 2.70. The van der Waals surface area contributed by atoms with E-state index in [2.05, 4.69) is 0 Å². The topological polar surface area (TPSA) is 48.0 Å². The lowest BCUT2D eigenvalue weighted by Crippen LogP contribution is -2.04. The molecule has 0 radical (unpaired) electrons. The van der Waals surface area contributed by atoms with Crippen LogP contribution >= 0.6 is 11.6 Å². The fourth-order valence-electron chi connectivity index (χ4n) is 0.536. The lowest BCUT2D eigenvalue weighted by molar-refractivity contribution is 0.112. The molecule has 4 heteroatoms. The molecule has 9 heavy (non-hydrogen) atoms. The first-order chi connectivity index (χ1) is 4.24. The summed E-state index contributed by atoms with van der Waals surface area (Å²) in [4.78, 5) is 10.0. The first-order valence-electron chi connectivity index (χ1n) is 2.32. The van der Waals surface area contributed by atoms with E-state index in [-0.39, 0.29) is 0 Å². The Morgan fingerprint density at radius 1 is 1.78 bits per heavy atom. The zero-order valence-corrected chi connectivity index (χ0v) is 5.30. The minimum atomic E-state index is 0.358. The zero-order valence-electron chi connectivity index (χ0n) is 4.54. The van der Waals surface area contributed by atoms with E-state index in [0.717, 1.165) is 0 Å². The second-order valence-corrected chi connectivity index (χ2v) is 2.01. The molecule has 2 N–H and O–H groups in total. The monoisotopic (exact) mass is 144 g/mol. The molecule has 1 aromatic heterocycles. The van der Waals surface area contributed by atoms with Gasteiger partial charge in [-0.25, -0.2) is 0 Å². The number of rotatable bonds is 1. The van der Waals surface area contributed by atoms with E-state index in [1.165, 1.54) is 16.9 Å². The number of carbonyl (C=O) groups excluding carboxylic acids is 1. The number of hydrogen-bond donors (Lipinski definition) is 1. The van der Waals surface area contributed by atoms with Crippen LogP contribution in [0.1, 0.15) is 10.4 Å². The number of nitrogen functional groups attached to an aromatic ring is 1. The van der Waals surface area contributed by atoms with Crippen molar-refractivity contribution in [3.05, 3.63) is 23.0 Å². The molecule has 1 aromatic rings. The quantitative estimate of drug-likeness (QED) is 0.465. The number of nitrogens with two attached hydrogens (primary N) is 1. The van der Waals surface area contributed by atoms with Crippen LogP contribution in [-0.2, 0) is 0 Å². The van der Waals surface area contributed by atoms with Crippen LogP contribution in [0.3, 0.4) is 0 Å². The molecule has 1 heterocycles. The van der Waals surface area contributed by atoms with Crippen molar-refractivity contribution in [1.29, 1.82) is 0 Å². The predicted molar refractivity (Wildman–Crippen MR) is 35.0 cm³/mol. The van der Waals surface area contributed by atoms with E-state index in [4.69, 9.17) is 17.4 Å². The van der Waals surface area contributed by atoms with Gasteiger partial charge >= 0.3 is 0 Å². The van der Waals surface area contributed by atoms with Crippen molar-refractivity contribution in [2.75, 3.05) is 5.84 Å². The average molecular weight is 145 g/mol. The first kappa shape index (κ1) is 6.16. The van der Waals surface area contributed by atoms with Gasteiger partial charge < -0.3 is 5.84 Å². The van der Waals surface area contributed by atoms with Gasteiger partial charge in [-0.2, -0.15) is 0 Å². The van der Waals surface area contributed by atoms with Gasteiger partial charge in [0.05, 0.1) is 0 Å². The summed E-state index contributed by atoms with van der Waals surface area (Å²) in [6.45, 7) is 0. The third-order valence-corrected chi connectivity index (χ3v) is 1.26. The van der Waals surface area contributed by atoms with Crippen molar-refractivity contribution in [3.8, 4) is 0 Å². The Hall–Kier alpha value is -0.960. The number of halogens is 1. The molecule has 0 spiro atoms. The van der Waals surface area contributed by atoms with E-state index >= 15 is 0 Å². The summed E-state index contributed by atoms with van der Waals surface area (Å²) in [6, 6.07) is 1.49. The third kappa shape index (κ3) is 1.05. The normalized spacial score (nSPS) is 9.44. The number of aldehydes is 1. The summed E-state index contributed by atoms with van der Waals surface area (Å²) in [5.74, 6) is 5.24. The molecular weight excluding hydrogens is 140 g/mol. The maximum absolute atomic E-state index is 10.0. The fraction of sp³-hybridized carbons (Fsp3) is 0. The molecular formula is C5H5ClN2O. The Labute approximate surface area is 57.0 Å². The Bertz CT molecular complexity index is 211. The lowest BCUT2D eigenvalue weighted by Gasteiger charge is -1.88. The fourth-order valence-corrected chi connectivity index (χ4v) is 0.711. The Kier molecular flexibility index (Phi) is 1.44. The summed E-state index contributed by atoms with van der Waals surface area (Å²) in [5.41, 5.74) is 0.488. The minimum absolute atomic E-state index is 0.358. The molecule has 48 valence electrons. The van der Waals surface area contributed by atoms with Crippen LogP contribution in [0.2, 0.25) is 5.15 Å². The molecule has 1 rings (SSSR count). The van der Waals surface area contributed by atoms with Crippen molar-refractivity contribution >= 4 is 17.9 Å². The van der Waals surface area contributed by atoms with Gasteiger partial charge in [0.15, 0.2) is 6.29 Å². The number of aromatic nitrogens is 1. The number of carbonyl (C=O) groups is 1. The van der Waals surface area contributed by atoms with Crippen molar-refractivity contribution < 1.29 is 4.79 Å².